The van der Waals surface area contributed by atoms with Crippen LogP contribution in [0.15, 0.2) is 48.8 Å². The van der Waals surface area contributed by atoms with E-state index < -0.39 is 0 Å². The molecule has 0 spiro atoms. The van der Waals surface area contributed by atoms with Gasteiger partial charge >= 0.3 is 0 Å². The van der Waals surface area contributed by atoms with Crippen LogP contribution in [0.3, 0.4) is 0 Å². The number of carbonyl (C=O) groups is 1. The van der Waals surface area contributed by atoms with Crippen LogP contribution in [0.25, 0.3) is 11.3 Å². The Morgan fingerprint density at radius 1 is 1.19 bits per heavy atom. The fourth-order valence-corrected chi connectivity index (χ4v) is 4.00. The highest BCUT2D eigenvalue weighted by Crippen LogP contribution is 2.32. The molecular weight excluding hydrogens is 409 g/mol. The van der Waals surface area contributed by atoms with Crippen LogP contribution in [0.1, 0.15) is 38.4 Å². The van der Waals surface area contributed by atoms with Gasteiger partial charge in [-0.2, -0.15) is 0 Å². The van der Waals surface area contributed by atoms with Gasteiger partial charge in [-0.05, 0) is 44.0 Å². The van der Waals surface area contributed by atoms with Crippen LogP contribution in [0.4, 0.5) is 15.9 Å². The van der Waals surface area contributed by atoms with Crippen LogP contribution < -0.4 is 10.1 Å². The highest BCUT2D eigenvalue weighted by atomic mass is 19.1. The summed E-state index contributed by atoms with van der Waals surface area (Å²) >= 11 is 0. The van der Waals surface area contributed by atoms with Gasteiger partial charge in [0, 0.05) is 48.9 Å². The number of hydrogen-bond donors (Lipinski definition) is 1. The van der Waals surface area contributed by atoms with Crippen molar-refractivity contribution >= 4 is 17.4 Å². The van der Waals surface area contributed by atoms with Gasteiger partial charge < -0.3 is 15.0 Å². The Labute approximate surface area is 186 Å². The van der Waals surface area contributed by atoms with Crippen molar-refractivity contribution in [1.29, 1.82) is 0 Å². The Bertz CT molecular complexity index is 1120. The zero-order valence-electron chi connectivity index (χ0n) is 18.4. The maximum atomic E-state index is 13.7. The second-order valence-electron chi connectivity index (χ2n) is 8.04. The number of rotatable bonds is 5. The molecule has 1 N–H and O–H groups in total. The molecule has 32 heavy (non-hydrogen) atoms. The highest BCUT2D eigenvalue weighted by Gasteiger charge is 2.30. The lowest BCUT2D eigenvalue weighted by atomic mass is 9.92. The van der Waals surface area contributed by atoms with E-state index in [4.69, 9.17) is 14.7 Å². The molecule has 1 aliphatic heterocycles. The van der Waals surface area contributed by atoms with E-state index in [0.29, 0.717) is 35.3 Å². The summed E-state index contributed by atoms with van der Waals surface area (Å²) in [4.78, 5) is 27.8. The van der Waals surface area contributed by atoms with E-state index in [1.54, 1.807) is 44.6 Å². The van der Waals surface area contributed by atoms with Gasteiger partial charge in [0.05, 0.1) is 19.0 Å². The van der Waals surface area contributed by atoms with Crippen molar-refractivity contribution in [3.8, 4) is 17.0 Å². The van der Waals surface area contributed by atoms with Gasteiger partial charge in [0.25, 0.3) is 0 Å². The number of likely N-dealkylation sites (tertiary alicyclic amines) is 1. The van der Waals surface area contributed by atoms with Crippen LogP contribution in [0.2, 0.25) is 0 Å². The van der Waals surface area contributed by atoms with Crippen LogP contribution >= 0.6 is 0 Å². The number of methoxy groups -OCH3 is 1. The number of anilines is 2. The third-order valence-corrected chi connectivity index (χ3v) is 5.74. The molecule has 1 amide bonds. The van der Waals surface area contributed by atoms with Crippen molar-refractivity contribution in [2.45, 2.75) is 38.6 Å². The van der Waals surface area contributed by atoms with Crippen molar-refractivity contribution in [3.63, 3.8) is 0 Å². The molecule has 0 bridgehead atoms. The first kappa shape index (κ1) is 21.7. The topological polar surface area (TPSA) is 80.2 Å². The molecule has 2 aromatic heterocycles. The normalized spacial score (nSPS) is 18.3. The number of ether oxygens (including phenoxy) is 1. The first-order valence-electron chi connectivity index (χ1n) is 10.6. The van der Waals surface area contributed by atoms with E-state index in [0.717, 1.165) is 18.4 Å². The molecule has 0 saturated carbocycles. The molecule has 0 unspecified atom stereocenters. The molecular formula is C24H26FN5O2. The number of nitrogens with zero attached hydrogens (tertiary/aromatic N) is 4. The number of nitrogens with one attached hydrogen (secondary N) is 1. The summed E-state index contributed by atoms with van der Waals surface area (Å²) in [7, 11) is 1.59. The summed E-state index contributed by atoms with van der Waals surface area (Å²) in [6, 6.07) is 10.1. The molecule has 7 nitrogen and oxygen atoms in total. The van der Waals surface area contributed by atoms with Gasteiger partial charge in [-0.15, -0.1) is 0 Å². The third kappa shape index (κ3) is 4.85. The van der Waals surface area contributed by atoms with E-state index >= 15 is 0 Å². The molecule has 1 aliphatic rings. The zero-order chi connectivity index (χ0) is 22.7. The van der Waals surface area contributed by atoms with Gasteiger partial charge in [0.15, 0.2) is 0 Å². The average Bonchev–Trinajstić information content (AvgIpc) is 2.79. The number of pyridine rings is 1. The highest BCUT2D eigenvalue weighted by molar-refractivity contribution is 5.74. The molecule has 1 fully saturated rings. The molecule has 0 radical (unpaired) electrons. The van der Waals surface area contributed by atoms with Crippen LogP contribution in [-0.4, -0.2) is 45.5 Å². The SMILES string of the molecule is COc1cncc(-c2cc(Nc3cccc(F)c3)nc([C@@H]3CC[C@@H](C)N(C(C)=O)C3)n2)c1. The van der Waals surface area contributed by atoms with E-state index in [1.807, 2.05) is 11.0 Å². The minimum Gasteiger partial charge on any atom is -0.495 e. The van der Waals surface area contributed by atoms with Crippen molar-refractivity contribution in [3.05, 3.63) is 60.4 Å². The molecule has 1 saturated heterocycles. The minimum atomic E-state index is -0.333. The van der Waals surface area contributed by atoms with Crippen molar-refractivity contribution in [2.75, 3.05) is 19.0 Å². The first-order valence-corrected chi connectivity index (χ1v) is 10.6. The number of carbonyl (C=O) groups excluding carboxylic acids is 1. The molecule has 8 heteroatoms. The molecule has 1 aromatic carbocycles. The standard InChI is InChI=1S/C24H26FN5O2/c1-15-7-8-17(14-30(15)16(2)31)24-28-22(18-9-21(32-3)13-26-12-18)11-23(29-24)27-20-6-4-5-19(25)10-20/h4-6,9-13,15,17H,7-8,14H2,1-3H3,(H,27,28,29)/t15-,17-/m1/s1. The number of amides is 1. The average molecular weight is 436 g/mol. The Morgan fingerprint density at radius 3 is 2.78 bits per heavy atom. The monoisotopic (exact) mass is 435 g/mol. The summed E-state index contributed by atoms with van der Waals surface area (Å²) in [6.07, 6.45) is 5.10. The smallest absolute Gasteiger partial charge is 0.219 e. The summed E-state index contributed by atoms with van der Waals surface area (Å²) in [5.74, 6) is 1.53. The van der Waals surface area contributed by atoms with E-state index in [-0.39, 0.29) is 23.7 Å². The van der Waals surface area contributed by atoms with Gasteiger partial charge in [-0.1, -0.05) is 6.07 Å². The fourth-order valence-electron chi connectivity index (χ4n) is 4.00. The largest absolute Gasteiger partial charge is 0.495 e. The van der Waals surface area contributed by atoms with Crippen LogP contribution in [-0.2, 0) is 4.79 Å². The van der Waals surface area contributed by atoms with Crippen molar-refractivity contribution in [2.24, 2.45) is 0 Å². The Hall–Kier alpha value is -3.55. The van der Waals surface area contributed by atoms with Crippen LogP contribution in [0.5, 0.6) is 5.75 Å². The van der Waals surface area contributed by atoms with E-state index in [1.165, 1.54) is 12.1 Å². The van der Waals surface area contributed by atoms with Gasteiger partial charge in [0.2, 0.25) is 5.91 Å². The third-order valence-electron chi connectivity index (χ3n) is 5.74. The van der Waals surface area contributed by atoms with Gasteiger partial charge in [-0.3, -0.25) is 9.78 Å². The van der Waals surface area contributed by atoms with E-state index in [2.05, 4.69) is 17.2 Å². The number of piperidine rings is 1. The van der Waals surface area contributed by atoms with E-state index in [9.17, 15) is 9.18 Å². The molecule has 3 aromatic rings. The zero-order valence-corrected chi connectivity index (χ0v) is 18.4. The number of hydrogen-bond acceptors (Lipinski definition) is 6. The Morgan fingerprint density at radius 2 is 2.03 bits per heavy atom. The fraction of sp³-hybridized carbons (Fsp3) is 0.333. The molecule has 166 valence electrons. The van der Waals surface area contributed by atoms with Gasteiger partial charge in [0.1, 0.15) is 23.2 Å². The predicted molar refractivity (Wildman–Crippen MR) is 120 cm³/mol. The summed E-state index contributed by atoms with van der Waals surface area (Å²) in [5, 5.41) is 3.18. The Kier molecular flexibility index (Phi) is 6.30. The van der Waals surface area contributed by atoms with Crippen LogP contribution in [0, 0.1) is 5.82 Å². The Balaban J connectivity index is 1.74. The number of aromatic nitrogens is 3. The number of benzene rings is 1. The predicted octanol–water partition coefficient (Wildman–Crippen LogP) is 4.54. The lowest BCUT2D eigenvalue weighted by Gasteiger charge is -2.37. The summed E-state index contributed by atoms with van der Waals surface area (Å²) < 4.78 is 19.0. The number of halogens is 1. The summed E-state index contributed by atoms with van der Waals surface area (Å²) in [5.41, 5.74) is 2.04. The second-order valence-corrected chi connectivity index (χ2v) is 8.04. The van der Waals surface area contributed by atoms with Gasteiger partial charge in [-0.25, -0.2) is 14.4 Å². The molecule has 3 heterocycles. The molecule has 0 aliphatic carbocycles. The quantitative estimate of drug-likeness (QED) is 0.634. The second kappa shape index (κ2) is 9.30. The maximum absolute atomic E-state index is 13.7. The summed E-state index contributed by atoms with van der Waals surface area (Å²) in [6.45, 7) is 4.22. The van der Waals surface area contributed by atoms with Crippen molar-refractivity contribution < 1.29 is 13.9 Å². The lowest BCUT2D eigenvalue weighted by Crippen LogP contribution is -2.44. The minimum absolute atomic E-state index is 0.00155. The molecule has 2 atom stereocenters. The van der Waals surface area contributed by atoms with Crippen molar-refractivity contribution in [1.82, 2.24) is 19.9 Å². The maximum Gasteiger partial charge on any atom is 0.219 e. The lowest BCUT2D eigenvalue weighted by molar-refractivity contribution is -0.132. The molecule has 4 rings (SSSR count). The first-order chi connectivity index (χ1) is 15.4.